The lowest BCUT2D eigenvalue weighted by Gasteiger charge is -1.97. The van der Waals surface area contributed by atoms with E-state index in [4.69, 9.17) is 5.11 Å². The monoisotopic (exact) mass is 191 g/mol. The smallest absolute Gasteiger partial charge is 0.356 e. The maximum absolute atomic E-state index is 10.5. The third kappa shape index (κ3) is 1.42. The van der Waals surface area contributed by atoms with Gasteiger partial charge < -0.3 is 5.11 Å². The van der Waals surface area contributed by atoms with Crippen molar-refractivity contribution in [1.82, 2.24) is 24.7 Å². The number of aromatic carboxylic acids is 1. The molecule has 0 aliphatic heterocycles. The van der Waals surface area contributed by atoms with Crippen molar-refractivity contribution in [2.45, 2.75) is 0 Å². The third-order valence-electron chi connectivity index (χ3n) is 1.51. The maximum Gasteiger partial charge on any atom is 0.356 e. The standard InChI is InChI=1S/C7H5N5O2/c13-7(14)5-1-10-6(2-9-5)12-4-8-3-11-12/h1-4H,(H,13,14). The zero-order valence-electron chi connectivity index (χ0n) is 6.90. The minimum absolute atomic E-state index is 0.103. The van der Waals surface area contributed by atoms with Gasteiger partial charge in [-0.15, -0.1) is 0 Å². The van der Waals surface area contributed by atoms with E-state index in [0.29, 0.717) is 5.82 Å². The van der Waals surface area contributed by atoms with Gasteiger partial charge in [0.1, 0.15) is 12.7 Å². The number of carboxylic acid groups (broad SMARTS) is 1. The molecule has 7 heteroatoms. The summed E-state index contributed by atoms with van der Waals surface area (Å²) in [7, 11) is 0. The molecular weight excluding hydrogens is 186 g/mol. The highest BCUT2D eigenvalue weighted by atomic mass is 16.4. The van der Waals surface area contributed by atoms with Gasteiger partial charge in [-0.05, 0) is 0 Å². The molecule has 2 heterocycles. The lowest BCUT2D eigenvalue weighted by Crippen LogP contribution is -2.04. The Balaban J connectivity index is 2.36. The lowest BCUT2D eigenvalue weighted by molar-refractivity contribution is 0.0690. The summed E-state index contributed by atoms with van der Waals surface area (Å²) < 4.78 is 1.39. The van der Waals surface area contributed by atoms with Crippen LogP contribution in [0.25, 0.3) is 5.82 Å². The molecule has 0 amide bonds. The van der Waals surface area contributed by atoms with Crippen LogP contribution in [0, 0.1) is 0 Å². The van der Waals surface area contributed by atoms with Gasteiger partial charge >= 0.3 is 5.97 Å². The molecular formula is C7H5N5O2. The molecule has 0 aromatic carbocycles. The molecule has 14 heavy (non-hydrogen) atoms. The van der Waals surface area contributed by atoms with Gasteiger partial charge in [0.15, 0.2) is 11.5 Å². The fraction of sp³-hybridized carbons (Fsp3) is 0. The van der Waals surface area contributed by atoms with Crippen LogP contribution in [0.1, 0.15) is 10.5 Å². The van der Waals surface area contributed by atoms with Gasteiger partial charge in [-0.2, -0.15) is 5.10 Å². The van der Waals surface area contributed by atoms with Crippen LogP contribution >= 0.6 is 0 Å². The summed E-state index contributed by atoms with van der Waals surface area (Å²) in [5.74, 6) is -0.685. The zero-order chi connectivity index (χ0) is 9.97. The van der Waals surface area contributed by atoms with Gasteiger partial charge in [0.25, 0.3) is 0 Å². The lowest BCUT2D eigenvalue weighted by atomic mass is 10.4. The van der Waals surface area contributed by atoms with Crippen molar-refractivity contribution in [1.29, 1.82) is 0 Å². The van der Waals surface area contributed by atoms with Crippen LogP contribution in [0.5, 0.6) is 0 Å². The molecule has 0 aliphatic rings. The number of carboxylic acids is 1. The Labute approximate surface area is 78.1 Å². The van der Waals surface area contributed by atoms with Gasteiger partial charge in [0.05, 0.1) is 12.4 Å². The van der Waals surface area contributed by atoms with E-state index in [1.807, 2.05) is 0 Å². The van der Waals surface area contributed by atoms with E-state index in [2.05, 4.69) is 20.1 Å². The zero-order valence-corrected chi connectivity index (χ0v) is 6.90. The number of carbonyl (C=O) groups is 1. The first-order valence-electron chi connectivity index (χ1n) is 3.68. The predicted octanol–water partition coefficient (Wildman–Crippen LogP) is -0.244. The summed E-state index contributed by atoms with van der Waals surface area (Å²) in [5.41, 5.74) is -0.103. The number of aromatic nitrogens is 5. The fourth-order valence-corrected chi connectivity index (χ4v) is 0.876. The molecule has 1 N–H and O–H groups in total. The van der Waals surface area contributed by atoms with E-state index >= 15 is 0 Å². The Morgan fingerprint density at radius 3 is 2.71 bits per heavy atom. The molecule has 0 saturated heterocycles. The number of nitrogens with zero attached hydrogens (tertiary/aromatic N) is 5. The van der Waals surface area contributed by atoms with Crippen LogP contribution in [0.15, 0.2) is 25.0 Å². The van der Waals surface area contributed by atoms with Crippen LogP contribution in [-0.4, -0.2) is 35.8 Å². The third-order valence-corrected chi connectivity index (χ3v) is 1.51. The molecule has 0 unspecified atom stereocenters. The second-order valence-corrected chi connectivity index (χ2v) is 2.41. The molecule has 0 radical (unpaired) electrons. The van der Waals surface area contributed by atoms with Crippen molar-refractivity contribution < 1.29 is 9.90 Å². The first kappa shape index (κ1) is 8.30. The SMILES string of the molecule is O=C(O)c1cnc(-n2cncn2)cn1. The van der Waals surface area contributed by atoms with Gasteiger partial charge in [0, 0.05) is 0 Å². The second kappa shape index (κ2) is 3.21. The number of rotatable bonds is 2. The summed E-state index contributed by atoms with van der Waals surface area (Å²) in [5, 5.41) is 12.4. The Kier molecular flexibility index (Phi) is 1.90. The van der Waals surface area contributed by atoms with Crippen LogP contribution in [0.3, 0.4) is 0 Å². The Morgan fingerprint density at radius 2 is 2.21 bits per heavy atom. The van der Waals surface area contributed by atoms with E-state index in [0.717, 1.165) is 0 Å². The van der Waals surface area contributed by atoms with Crippen molar-refractivity contribution in [3.05, 3.63) is 30.7 Å². The van der Waals surface area contributed by atoms with Gasteiger partial charge in [0.2, 0.25) is 0 Å². The summed E-state index contributed by atoms with van der Waals surface area (Å²) in [6.07, 6.45) is 5.29. The van der Waals surface area contributed by atoms with E-state index in [1.54, 1.807) is 0 Å². The first-order valence-corrected chi connectivity index (χ1v) is 3.68. The molecule has 0 saturated carbocycles. The average molecular weight is 191 g/mol. The largest absolute Gasteiger partial charge is 0.476 e. The molecule has 0 atom stereocenters. The minimum Gasteiger partial charge on any atom is -0.476 e. The van der Waals surface area contributed by atoms with Crippen LogP contribution in [0.4, 0.5) is 0 Å². The summed E-state index contributed by atoms with van der Waals surface area (Å²) >= 11 is 0. The van der Waals surface area contributed by atoms with Gasteiger partial charge in [-0.25, -0.2) is 24.4 Å². The molecule has 0 bridgehead atoms. The second-order valence-electron chi connectivity index (χ2n) is 2.41. The molecule has 2 aromatic rings. The first-order chi connectivity index (χ1) is 6.77. The summed E-state index contributed by atoms with van der Waals surface area (Å²) in [4.78, 5) is 21.7. The van der Waals surface area contributed by atoms with Crippen LogP contribution < -0.4 is 0 Å². The minimum atomic E-state index is -1.11. The molecule has 7 nitrogen and oxygen atoms in total. The average Bonchev–Trinajstić information content (AvgIpc) is 2.71. The quantitative estimate of drug-likeness (QED) is 0.703. The fourth-order valence-electron chi connectivity index (χ4n) is 0.876. The van der Waals surface area contributed by atoms with E-state index in [-0.39, 0.29) is 5.69 Å². The Bertz CT molecular complexity index is 436. The molecule has 0 fully saturated rings. The molecule has 0 aliphatic carbocycles. The summed E-state index contributed by atoms with van der Waals surface area (Å²) in [6.45, 7) is 0. The van der Waals surface area contributed by atoms with E-state index in [9.17, 15) is 4.79 Å². The van der Waals surface area contributed by atoms with Crippen LogP contribution in [-0.2, 0) is 0 Å². The number of hydrogen-bond donors (Lipinski definition) is 1. The van der Waals surface area contributed by atoms with Crippen molar-refractivity contribution in [3.8, 4) is 5.82 Å². The normalized spacial score (nSPS) is 10.0. The van der Waals surface area contributed by atoms with Crippen LogP contribution in [0.2, 0.25) is 0 Å². The maximum atomic E-state index is 10.5. The predicted molar refractivity (Wildman–Crippen MR) is 43.9 cm³/mol. The Hall–Kier alpha value is -2.31. The Morgan fingerprint density at radius 1 is 1.36 bits per heavy atom. The molecule has 70 valence electrons. The molecule has 2 aromatic heterocycles. The van der Waals surface area contributed by atoms with Gasteiger partial charge in [-0.3, -0.25) is 0 Å². The van der Waals surface area contributed by atoms with Crippen molar-refractivity contribution in [3.63, 3.8) is 0 Å². The highest BCUT2D eigenvalue weighted by molar-refractivity contribution is 5.84. The molecule has 0 spiro atoms. The number of hydrogen-bond acceptors (Lipinski definition) is 5. The van der Waals surface area contributed by atoms with E-state index < -0.39 is 5.97 Å². The molecule has 2 rings (SSSR count). The van der Waals surface area contributed by atoms with E-state index in [1.165, 1.54) is 29.7 Å². The van der Waals surface area contributed by atoms with Crippen molar-refractivity contribution in [2.24, 2.45) is 0 Å². The highest BCUT2D eigenvalue weighted by Crippen LogP contribution is 1.99. The van der Waals surface area contributed by atoms with Gasteiger partial charge in [-0.1, -0.05) is 0 Å². The van der Waals surface area contributed by atoms with Crippen molar-refractivity contribution >= 4 is 5.97 Å². The summed E-state index contributed by atoms with van der Waals surface area (Å²) in [6, 6.07) is 0. The topological polar surface area (TPSA) is 93.8 Å². The van der Waals surface area contributed by atoms with Crippen molar-refractivity contribution in [2.75, 3.05) is 0 Å². The highest BCUT2D eigenvalue weighted by Gasteiger charge is 2.05.